The van der Waals surface area contributed by atoms with E-state index in [1.807, 2.05) is 0 Å². The summed E-state index contributed by atoms with van der Waals surface area (Å²) >= 11 is 0.594. The van der Waals surface area contributed by atoms with Gasteiger partial charge in [-0.2, -0.15) is 0 Å². The Balaban J connectivity index is 0.000000201. The molecule has 3 fully saturated rings. The molecule has 0 spiro atoms. The Morgan fingerprint density at radius 1 is 0.750 bits per heavy atom. The van der Waals surface area contributed by atoms with Crippen LogP contribution in [-0.4, -0.2) is 148 Å². The molecule has 4 heterocycles. The summed E-state index contributed by atoms with van der Waals surface area (Å²) in [6.07, 6.45) is 6.03. The molecule has 0 aliphatic carbocycles. The second kappa shape index (κ2) is 11.4. The van der Waals surface area contributed by atoms with Gasteiger partial charge in [0.1, 0.15) is 0 Å². The monoisotopic (exact) mass is 640 g/mol. The van der Waals surface area contributed by atoms with Gasteiger partial charge in [-0.1, -0.05) is 0 Å². The van der Waals surface area contributed by atoms with Gasteiger partial charge in [0.05, 0.1) is 0 Å². The molecule has 0 radical (unpaired) electrons. The second-order valence-electron chi connectivity index (χ2n) is 13.2. The normalized spacial score (nSPS) is 30.4. The molecule has 0 atom stereocenters. The van der Waals surface area contributed by atoms with E-state index < -0.39 is 0 Å². The number of hydrogen-bond donors (Lipinski definition) is 2. The third-order valence-corrected chi connectivity index (χ3v) is 12.9. The van der Waals surface area contributed by atoms with E-state index in [1.165, 1.54) is 31.6 Å². The zero-order valence-corrected chi connectivity index (χ0v) is 27.8. The van der Waals surface area contributed by atoms with E-state index in [-0.39, 0.29) is 35.1 Å². The minimum absolute atomic E-state index is 0.0991. The fourth-order valence-corrected chi connectivity index (χ4v) is 12.3. The third kappa shape index (κ3) is 7.28. The summed E-state index contributed by atoms with van der Waals surface area (Å²) in [5.41, 5.74) is 1.14. The fraction of sp³-hybridized carbons (Fsp3) is 0.923. The minimum atomic E-state index is -0.187. The van der Waals surface area contributed by atoms with E-state index in [0.29, 0.717) is 21.2 Å². The van der Waals surface area contributed by atoms with Crippen molar-refractivity contribution in [2.24, 2.45) is 0 Å². The van der Waals surface area contributed by atoms with Gasteiger partial charge >= 0.3 is 234 Å². The Labute approximate surface area is 233 Å². The first-order valence-electron chi connectivity index (χ1n) is 13.4. The molecular formula is C26H52N6O2Se2. The van der Waals surface area contributed by atoms with Crippen LogP contribution in [0.2, 0.25) is 0 Å². The summed E-state index contributed by atoms with van der Waals surface area (Å²) in [6, 6.07) is 0.716. The molecular weight excluding hydrogens is 586 g/mol. The molecule has 0 aromatic heterocycles. The first-order valence-corrected chi connectivity index (χ1v) is 16.7. The first kappa shape index (κ1) is 30.8. The molecule has 8 nitrogen and oxygen atoms in total. The van der Waals surface area contributed by atoms with Crippen LogP contribution in [0, 0.1) is 0 Å². The second-order valence-corrected chi connectivity index (χ2v) is 20.0. The van der Waals surface area contributed by atoms with Crippen molar-refractivity contribution < 1.29 is 10.4 Å². The van der Waals surface area contributed by atoms with E-state index >= 15 is 0 Å². The standard InChI is InChI=1S/C13H27N3OSe.C13H25N3OSe/c2*1-12(2)10-15(18-13(3,4)16(12)17)11-6-8-14(5)9-7-11/h11,17H,6-10H2,1-5H3;6,17H,7-10H2,1-5H3. The maximum absolute atomic E-state index is 10.3. The van der Waals surface area contributed by atoms with Crippen LogP contribution >= 0.6 is 0 Å². The van der Waals surface area contributed by atoms with Crippen molar-refractivity contribution in [3.8, 4) is 0 Å². The zero-order chi connectivity index (χ0) is 27.1. The van der Waals surface area contributed by atoms with Crippen LogP contribution < -0.4 is 0 Å². The average molecular weight is 639 g/mol. The number of hydrogen-bond acceptors (Lipinski definition) is 8. The number of nitrogens with zero attached hydrogens (tertiary/aromatic N) is 6. The number of rotatable bonds is 2. The number of piperidine rings is 1. The van der Waals surface area contributed by atoms with Gasteiger partial charge in [0.25, 0.3) is 0 Å². The van der Waals surface area contributed by atoms with E-state index in [4.69, 9.17) is 0 Å². The Morgan fingerprint density at radius 2 is 1.28 bits per heavy atom. The van der Waals surface area contributed by atoms with E-state index in [0.717, 1.165) is 32.6 Å². The van der Waals surface area contributed by atoms with E-state index in [9.17, 15) is 10.4 Å². The van der Waals surface area contributed by atoms with Gasteiger partial charge in [0, 0.05) is 0 Å². The van der Waals surface area contributed by atoms with Gasteiger partial charge in [-0.15, -0.1) is 0 Å². The van der Waals surface area contributed by atoms with E-state index in [1.54, 1.807) is 10.1 Å². The van der Waals surface area contributed by atoms with Crippen molar-refractivity contribution in [1.82, 2.24) is 27.8 Å². The topological polar surface area (TPSA) is 59.9 Å². The van der Waals surface area contributed by atoms with Gasteiger partial charge in [-0.3, -0.25) is 0 Å². The van der Waals surface area contributed by atoms with Crippen LogP contribution in [0.25, 0.3) is 0 Å². The maximum atomic E-state index is 10.3. The summed E-state index contributed by atoms with van der Waals surface area (Å²) in [6.45, 7) is 23.6. The average Bonchev–Trinajstić information content (AvgIpc) is 2.76. The Bertz CT molecular complexity index is 746. The zero-order valence-electron chi connectivity index (χ0n) is 24.4. The molecule has 210 valence electrons. The molecule has 4 aliphatic rings. The summed E-state index contributed by atoms with van der Waals surface area (Å²) in [5.74, 6) is 0. The number of likely N-dealkylation sites (tertiary alicyclic amines) is 1. The van der Waals surface area contributed by atoms with Gasteiger partial charge in [0.2, 0.25) is 0 Å². The number of likely N-dealkylation sites (N-methyl/N-ethyl adjacent to an activating group) is 1. The fourth-order valence-electron chi connectivity index (χ4n) is 5.66. The van der Waals surface area contributed by atoms with Crippen molar-refractivity contribution >= 4 is 30.3 Å². The summed E-state index contributed by atoms with van der Waals surface area (Å²) < 4.78 is 4.94. The Kier molecular flexibility index (Phi) is 9.78. The van der Waals surface area contributed by atoms with Gasteiger partial charge < -0.3 is 0 Å². The molecule has 4 aliphatic heterocycles. The van der Waals surface area contributed by atoms with Gasteiger partial charge in [-0.25, -0.2) is 0 Å². The van der Waals surface area contributed by atoms with Gasteiger partial charge in [-0.05, 0) is 0 Å². The molecule has 4 rings (SSSR count). The summed E-state index contributed by atoms with van der Waals surface area (Å²) in [4.78, 5) is 4.76. The van der Waals surface area contributed by atoms with Crippen LogP contribution in [0.3, 0.4) is 0 Å². The predicted molar refractivity (Wildman–Crippen MR) is 149 cm³/mol. The molecule has 0 amide bonds. The molecule has 0 saturated carbocycles. The summed E-state index contributed by atoms with van der Waals surface area (Å²) in [5, 5.41) is 23.8. The van der Waals surface area contributed by atoms with Crippen LogP contribution in [-0.2, 0) is 0 Å². The van der Waals surface area contributed by atoms with Crippen molar-refractivity contribution in [2.45, 2.75) is 101 Å². The van der Waals surface area contributed by atoms with Crippen LogP contribution in [0.15, 0.2) is 11.8 Å². The van der Waals surface area contributed by atoms with Crippen molar-refractivity contribution in [1.29, 1.82) is 0 Å². The molecule has 36 heavy (non-hydrogen) atoms. The summed E-state index contributed by atoms with van der Waals surface area (Å²) in [7, 11) is 4.37. The quantitative estimate of drug-likeness (QED) is 0.448. The molecule has 0 bridgehead atoms. The molecule has 2 N–H and O–H groups in total. The van der Waals surface area contributed by atoms with Crippen molar-refractivity contribution in [3.05, 3.63) is 11.8 Å². The Morgan fingerprint density at radius 3 is 1.75 bits per heavy atom. The predicted octanol–water partition coefficient (Wildman–Crippen LogP) is 2.57. The Hall–Kier alpha value is 0.299. The molecule has 0 aromatic carbocycles. The third-order valence-electron chi connectivity index (χ3n) is 7.72. The first-order chi connectivity index (χ1) is 16.4. The van der Waals surface area contributed by atoms with Crippen molar-refractivity contribution in [3.63, 3.8) is 0 Å². The van der Waals surface area contributed by atoms with Crippen LogP contribution in [0.4, 0.5) is 0 Å². The van der Waals surface area contributed by atoms with Crippen molar-refractivity contribution in [2.75, 3.05) is 53.4 Å². The molecule has 3 saturated heterocycles. The molecule has 0 unspecified atom stereocenters. The molecule has 0 aromatic rings. The molecule has 10 heteroatoms. The SMILES string of the molecule is CN1CC=C(N2CC(C)(C)N(O)C(C)(C)[Se]2)CC1.CN1CCC(N2CC(C)(C)N(O)C(C)(C)[Se]2)CC1. The van der Waals surface area contributed by atoms with Crippen LogP contribution in [0.1, 0.15) is 74.7 Å². The van der Waals surface area contributed by atoms with Gasteiger partial charge in [0.15, 0.2) is 0 Å². The van der Waals surface area contributed by atoms with E-state index in [2.05, 4.69) is 93.2 Å². The number of hydroxylamine groups is 4. The van der Waals surface area contributed by atoms with Crippen LogP contribution in [0.5, 0.6) is 0 Å².